The summed E-state index contributed by atoms with van der Waals surface area (Å²) < 4.78 is 5.26. The van der Waals surface area contributed by atoms with Gasteiger partial charge in [0.1, 0.15) is 0 Å². The third kappa shape index (κ3) is 0.585. The smallest absolute Gasteiger partial charge is 0.0948 e. The Hall–Kier alpha value is -0.810. The average molecular weight is 121 g/mol. The molecule has 1 aliphatic heterocycles. The first kappa shape index (κ1) is 5.01. The van der Waals surface area contributed by atoms with Gasteiger partial charge in [0.2, 0.25) is 0 Å². The topological polar surface area (TPSA) is 33.0 Å². The van der Waals surface area contributed by atoms with Crippen molar-refractivity contribution in [3.63, 3.8) is 0 Å². The van der Waals surface area contributed by atoms with E-state index in [1.54, 1.807) is 0 Å². The highest BCUT2D eigenvalue weighted by atomic mass is 16.5. The van der Waals surface area contributed by atoms with Crippen LogP contribution in [0.1, 0.15) is 6.42 Å². The molecule has 2 unspecified atom stereocenters. The number of hydrogen-bond acceptors (Lipinski definition) is 2. The minimum atomic E-state index is 0.268. The van der Waals surface area contributed by atoms with Crippen molar-refractivity contribution in [3.05, 3.63) is 11.6 Å². The van der Waals surface area contributed by atoms with Gasteiger partial charge in [-0.15, -0.1) is 0 Å². The molecule has 0 spiro atoms. The fourth-order valence-electron chi connectivity index (χ4n) is 1.45. The Labute approximate surface area is 53.7 Å². The zero-order valence-electron chi connectivity index (χ0n) is 5.00. The first-order chi connectivity index (χ1) is 4.40. The van der Waals surface area contributed by atoms with E-state index in [4.69, 9.17) is 10.00 Å². The van der Waals surface area contributed by atoms with Crippen molar-refractivity contribution >= 4 is 0 Å². The van der Waals surface area contributed by atoms with Gasteiger partial charge in [0.25, 0.3) is 0 Å². The molecule has 2 atom stereocenters. The van der Waals surface area contributed by atoms with Gasteiger partial charge in [-0.05, 0) is 12.5 Å². The van der Waals surface area contributed by atoms with Crippen LogP contribution in [0.4, 0.5) is 0 Å². The standard InChI is InChI=1S/C7H7NO/c8-3-5-1-7-2-6(5)4-9-7/h1,6-7H,2,4H2. The average Bonchev–Trinajstić information content (AvgIpc) is 2.45. The summed E-state index contributed by atoms with van der Waals surface area (Å²) in [6, 6.07) is 2.18. The summed E-state index contributed by atoms with van der Waals surface area (Å²) >= 11 is 0. The van der Waals surface area contributed by atoms with Gasteiger partial charge in [0.05, 0.1) is 18.8 Å². The summed E-state index contributed by atoms with van der Waals surface area (Å²) in [5.41, 5.74) is 0.936. The number of ether oxygens (including phenoxy) is 1. The molecule has 0 amide bonds. The number of nitrogens with zero attached hydrogens (tertiary/aromatic N) is 1. The van der Waals surface area contributed by atoms with Crippen molar-refractivity contribution in [3.8, 4) is 6.07 Å². The van der Waals surface area contributed by atoms with Gasteiger partial charge >= 0.3 is 0 Å². The molecule has 1 heterocycles. The molecule has 2 nitrogen and oxygen atoms in total. The summed E-state index contributed by atoms with van der Waals surface area (Å²) in [5.74, 6) is 0.431. The number of fused-ring (bicyclic) bond motifs is 2. The van der Waals surface area contributed by atoms with Gasteiger partial charge in [-0.25, -0.2) is 0 Å². The normalized spacial score (nSPS) is 38.3. The Morgan fingerprint density at radius 3 is 3.00 bits per heavy atom. The third-order valence-electron chi connectivity index (χ3n) is 1.96. The van der Waals surface area contributed by atoms with Crippen LogP contribution < -0.4 is 0 Å². The summed E-state index contributed by atoms with van der Waals surface area (Å²) in [7, 11) is 0. The van der Waals surface area contributed by atoms with Crippen molar-refractivity contribution < 1.29 is 4.74 Å². The van der Waals surface area contributed by atoms with Crippen LogP contribution in [0.2, 0.25) is 0 Å². The molecule has 0 saturated carbocycles. The molecular weight excluding hydrogens is 114 g/mol. The molecule has 2 heteroatoms. The maximum atomic E-state index is 8.51. The van der Waals surface area contributed by atoms with Gasteiger partial charge in [0, 0.05) is 11.5 Å². The molecule has 1 fully saturated rings. The highest BCUT2D eigenvalue weighted by molar-refractivity contribution is 5.31. The Morgan fingerprint density at radius 1 is 1.78 bits per heavy atom. The molecular formula is C7H7NO. The van der Waals surface area contributed by atoms with Crippen molar-refractivity contribution in [2.24, 2.45) is 5.92 Å². The first-order valence-corrected chi connectivity index (χ1v) is 3.13. The van der Waals surface area contributed by atoms with E-state index in [0.717, 1.165) is 18.6 Å². The second-order valence-corrected chi connectivity index (χ2v) is 2.54. The van der Waals surface area contributed by atoms with E-state index in [-0.39, 0.29) is 6.10 Å². The fraction of sp³-hybridized carbons (Fsp3) is 0.571. The third-order valence-corrected chi connectivity index (χ3v) is 1.96. The molecule has 2 bridgehead atoms. The largest absolute Gasteiger partial charge is 0.373 e. The lowest BCUT2D eigenvalue weighted by atomic mass is 10.1. The zero-order valence-corrected chi connectivity index (χ0v) is 5.00. The maximum Gasteiger partial charge on any atom is 0.0948 e. The van der Waals surface area contributed by atoms with Gasteiger partial charge in [0.15, 0.2) is 0 Å². The van der Waals surface area contributed by atoms with Crippen LogP contribution >= 0.6 is 0 Å². The van der Waals surface area contributed by atoms with E-state index >= 15 is 0 Å². The van der Waals surface area contributed by atoms with E-state index in [1.165, 1.54) is 0 Å². The molecule has 0 N–H and O–H groups in total. The fourth-order valence-corrected chi connectivity index (χ4v) is 1.45. The van der Waals surface area contributed by atoms with Gasteiger partial charge in [-0.1, -0.05) is 0 Å². The molecule has 0 aromatic carbocycles. The molecule has 2 aliphatic rings. The lowest BCUT2D eigenvalue weighted by molar-refractivity contribution is 0.134. The Bertz CT molecular complexity index is 201. The van der Waals surface area contributed by atoms with Crippen molar-refractivity contribution in [2.45, 2.75) is 12.5 Å². The highest BCUT2D eigenvalue weighted by Gasteiger charge is 2.33. The van der Waals surface area contributed by atoms with Crippen LogP contribution in [0, 0.1) is 17.2 Å². The molecule has 0 aromatic rings. The van der Waals surface area contributed by atoms with Crippen LogP contribution in [0.15, 0.2) is 11.6 Å². The quantitative estimate of drug-likeness (QED) is 0.476. The minimum absolute atomic E-state index is 0.268. The van der Waals surface area contributed by atoms with E-state index in [9.17, 15) is 0 Å². The van der Waals surface area contributed by atoms with E-state index in [2.05, 4.69) is 6.07 Å². The highest BCUT2D eigenvalue weighted by Crippen LogP contribution is 2.33. The molecule has 0 aromatic heterocycles. The predicted octanol–water partition coefficient (Wildman–Crippen LogP) is 0.855. The Morgan fingerprint density at radius 2 is 2.67 bits per heavy atom. The van der Waals surface area contributed by atoms with Gasteiger partial charge < -0.3 is 4.74 Å². The van der Waals surface area contributed by atoms with Crippen molar-refractivity contribution in [2.75, 3.05) is 6.61 Å². The minimum Gasteiger partial charge on any atom is -0.373 e. The second-order valence-electron chi connectivity index (χ2n) is 2.54. The van der Waals surface area contributed by atoms with Crippen LogP contribution in [-0.2, 0) is 4.74 Å². The van der Waals surface area contributed by atoms with Gasteiger partial charge in [-0.2, -0.15) is 5.26 Å². The molecule has 2 rings (SSSR count). The Balaban J connectivity index is 2.30. The van der Waals surface area contributed by atoms with E-state index in [0.29, 0.717) is 5.92 Å². The van der Waals surface area contributed by atoms with Crippen molar-refractivity contribution in [1.82, 2.24) is 0 Å². The Kier molecular flexibility index (Phi) is 0.882. The van der Waals surface area contributed by atoms with Crippen LogP contribution in [0.25, 0.3) is 0 Å². The predicted molar refractivity (Wildman–Crippen MR) is 31.5 cm³/mol. The molecule has 1 aliphatic carbocycles. The molecule has 9 heavy (non-hydrogen) atoms. The van der Waals surface area contributed by atoms with Crippen LogP contribution in [-0.4, -0.2) is 12.7 Å². The second kappa shape index (κ2) is 1.58. The summed E-state index contributed by atoms with van der Waals surface area (Å²) in [6.45, 7) is 0.768. The number of rotatable bonds is 0. The first-order valence-electron chi connectivity index (χ1n) is 3.13. The maximum absolute atomic E-state index is 8.51. The van der Waals surface area contributed by atoms with Gasteiger partial charge in [-0.3, -0.25) is 0 Å². The molecule has 0 radical (unpaired) electrons. The van der Waals surface area contributed by atoms with E-state index in [1.807, 2.05) is 6.08 Å². The van der Waals surface area contributed by atoms with Crippen LogP contribution in [0.3, 0.4) is 0 Å². The monoisotopic (exact) mass is 121 g/mol. The molecule has 46 valence electrons. The lowest BCUT2D eigenvalue weighted by Gasteiger charge is -2.04. The number of hydrogen-bond donors (Lipinski definition) is 0. The van der Waals surface area contributed by atoms with Crippen molar-refractivity contribution in [1.29, 1.82) is 5.26 Å². The number of nitriles is 1. The van der Waals surface area contributed by atoms with E-state index < -0.39 is 0 Å². The molecule has 1 saturated heterocycles. The lowest BCUT2D eigenvalue weighted by Crippen LogP contribution is -2.04. The zero-order chi connectivity index (χ0) is 6.27. The SMILES string of the molecule is N#CC1=CC2CC1CO2. The van der Waals surface area contributed by atoms with Crippen LogP contribution in [0.5, 0.6) is 0 Å². The summed E-state index contributed by atoms with van der Waals surface area (Å²) in [6.07, 6.45) is 3.25. The summed E-state index contributed by atoms with van der Waals surface area (Å²) in [4.78, 5) is 0. The summed E-state index contributed by atoms with van der Waals surface area (Å²) in [5, 5.41) is 8.51.